The third-order valence-corrected chi connectivity index (χ3v) is 3.44. The minimum atomic E-state index is -1.58. The van der Waals surface area contributed by atoms with Crippen LogP contribution in [0.4, 0.5) is 5.69 Å². The van der Waals surface area contributed by atoms with Gasteiger partial charge in [-0.05, 0) is 6.07 Å². The Morgan fingerprint density at radius 3 is 2.68 bits per heavy atom. The molecule has 0 spiro atoms. The van der Waals surface area contributed by atoms with E-state index in [1.54, 1.807) is 0 Å². The molecule has 1 saturated heterocycles. The minimum absolute atomic E-state index is 0.173. The van der Waals surface area contributed by atoms with E-state index in [0.29, 0.717) is 0 Å². The van der Waals surface area contributed by atoms with Gasteiger partial charge in [0.15, 0.2) is 12.0 Å². The van der Waals surface area contributed by atoms with Crippen molar-refractivity contribution in [1.29, 1.82) is 0 Å². The lowest BCUT2D eigenvalue weighted by molar-refractivity contribution is -0.252. The van der Waals surface area contributed by atoms with Crippen molar-refractivity contribution in [3.8, 4) is 0 Å². The van der Waals surface area contributed by atoms with Gasteiger partial charge in [0, 0.05) is 5.56 Å². The van der Waals surface area contributed by atoms with E-state index in [4.69, 9.17) is 16.4 Å². The molecule has 118 valence electrons. The molecular formula is C14H16N2O6. The highest BCUT2D eigenvalue weighted by Crippen LogP contribution is 2.20. The number of benzene rings is 1. The van der Waals surface area contributed by atoms with Gasteiger partial charge >= 0.3 is 0 Å². The van der Waals surface area contributed by atoms with E-state index in [1.807, 2.05) is 0 Å². The summed E-state index contributed by atoms with van der Waals surface area (Å²) in [6.07, 6.45) is -5.67. The quantitative estimate of drug-likeness (QED) is 0.445. The Labute approximate surface area is 126 Å². The van der Waals surface area contributed by atoms with Crippen LogP contribution in [0.5, 0.6) is 0 Å². The standard InChI is InChI=1S/C14H16N2O6/c1-15-8-4-2-3-7(5-8)13(20)16-10-12(19)11(18)9(6-17)22-14(10)21/h2-5,9-12,14,17-19,21H,6H2,(H,16,20). The maximum atomic E-state index is 12.1. The number of aliphatic hydroxyl groups is 4. The summed E-state index contributed by atoms with van der Waals surface area (Å²) in [5.41, 5.74) is 0.445. The highest BCUT2D eigenvalue weighted by molar-refractivity contribution is 5.95. The van der Waals surface area contributed by atoms with E-state index in [0.717, 1.165) is 0 Å². The molecule has 0 radical (unpaired) electrons. The van der Waals surface area contributed by atoms with Crippen molar-refractivity contribution < 1.29 is 30.0 Å². The maximum Gasteiger partial charge on any atom is 0.250 e. The SMILES string of the molecule is [C-]#[N+]c1cccc(C(=O)NC2C(O)OC(CO)C(O)C2O)c1. The average molecular weight is 308 g/mol. The van der Waals surface area contributed by atoms with E-state index >= 15 is 0 Å². The van der Waals surface area contributed by atoms with Crippen molar-refractivity contribution in [3.05, 3.63) is 41.2 Å². The number of hydrogen-bond acceptors (Lipinski definition) is 6. The summed E-state index contributed by atoms with van der Waals surface area (Å²) in [5.74, 6) is -0.633. The monoisotopic (exact) mass is 308 g/mol. The Morgan fingerprint density at radius 2 is 2.05 bits per heavy atom. The number of carbonyl (C=O) groups is 1. The number of nitrogens with one attached hydrogen (secondary N) is 1. The molecule has 0 saturated carbocycles. The Morgan fingerprint density at radius 1 is 1.32 bits per heavy atom. The summed E-state index contributed by atoms with van der Waals surface area (Å²) in [7, 11) is 0. The minimum Gasteiger partial charge on any atom is -0.394 e. The van der Waals surface area contributed by atoms with Gasteiger partial charge < -0.3 is 30.5 Å². The summed E-state index contributed by atoms with van der Waals surface area (Å²) in [4.78, 5) is 15.3. The number of hydrogen-bond donors (Lipinski definition) is 5. The smallest absolute Gasteiger partial charge is 0.250 e. The number of carbonyl (C=O) groups excluding carboxylic acids is 1. The predicted molar refractivity (Wildman–Crippen MR) is 73.9 cm³/mol. The lowest BCUT2D eigenvalue weighted by Gasteiger charge is -2.40. The molecule has 1 fully saturated rings. The molecule has 0 aromatic heterocycles. The molecule has 8 nitrogen and oxygen atoms in total. The van der Waals surface area contributed by atoms with E-state index < -0.39 is 43.2 Å². The Kier molecular flexibility index (Phi) is 5.07. The van der Waals surface area contributed by atoms with Crippen LogP contribution in [-0.4, -0.2) is 63.6 Å². The summed E-state index contributed by atoms with van der Waals surface area (Å²) in [6, 6.07) is 4.63. The lowest BCUT2D eigenvalue weighted by atomic mass is 9.97. The first-order valence-electron chi connectivity index (χ1n) is 6.57. The molecular weight excluding hydrogens is 292 g/mol. The van der Waals surface area contributed by atoms with Crippen LogP contribution in [0.15, 0.2) is 24.3 Å². The third-order valence-electron chi connectivity index (χ3n) is 3.44. The Balaban J connectivity index is 2.12. The van der Waals surface area contributed by atoms with Crippen LogP contribution < -0.4 is 5.32 Å². The fraction of sp³-hybridized carbons (Fsp3) is 0.429. The van der Waals surface area contributed by atoms with E-state index in [9.17, 15) is 20.1 Å². The van der Waals surface area contributed by atoms with Crippen LogP contribution in [0, 0.1) is 6.57 Å². The highest BCUT2D eigenvalue weighted by Gasteiger charge is 2.44. The molecule has 2 rings (SSSR count). The number of rotatable bonds is 3. The molecule has 5 unspecified atom stereocenters. The molecule has 1 amide bonds. The number of aliphatic hydroxyl groups excluding tert-OH is 4. The zero-order valence-corrected chi connectivity index (χ0v) is 11.5. The molecule has 0 aliphatic carbocycles. The predicted octanol–water partition coefficient (Wildman–Crippen LogP) is -1.23. The fourth-order valence-corrected chi connectivity index (χ4v) is 2.20. The van der Waals surface area contributed by atoms with Crippen molar-refractivity contribution in [2.45, 2.75) is 30.6 Å². The largest absolute Gasteiger partial charge is 0.394 e. The molecule has 1 aromatic rings. The van der Waals surface area contributed by atoms with Crippen molar-refractivity contribution in [1.82, 2.24) is 5.32 Å². The topological polar surface area (TPSA) is 124 Å². The lowest BCUT2D eigenvalue weighted by Crippen LogP contribution is -2.64. The second kappa shape index (κ2) is 6.83. The first-order valence-corrected chi connectivity index (χ1v) is 6.57. The van der Waals surface area contributed by atoms with Crippen molar-refractivity contribution >= 4 is 11.6 Å². The zero-order valence-electron chi connectivity index (χ0n) is 11.5. The van der Waals surface area contributed by atoms with Crippen LogP contribution in [0.1, 0.15) is 10.4 Å². The van der Waals surface area contributed by atoms with Gasteiger partial charge in [-0.15, -0.1) is 0 Å². The summed E-state index contributed by atoms with van der Waals surface area (Å²) in [6.45, 7) is 6.32. The van der Waals surface area contributed by atoms with Gasteiger partial charge in [-0.3, -0.25) is 4.79 Å². The van der Waals surface area contributed by atoms with Gasteiger partial charge in [-0.25, -0.2) is 4.85 Å². The molecule has 1 aromatic carbocycles. The first kappa shape index (κ1) is 16.4. The molecule has 1 aliphatic heterocycles. The normalized spacial score (nSPS) is 31.3. The van der Waals surface area contributed by atoms with Crippen LogP contribution >= 0.6 is 0 Å². The van der Waals surface area contributed by atoms with Crippen LogP contribution in [0.25, 0.3) is 4.85 Å². The molecule has 1 heterocycles. The summed E-state index contributed by atoms with van der Waals surface area (Å²) in [5, 5.41) is 40.8. The first-order chi connectivity index (χ1) is 10.5. The van der Waals surface area contributed by atoms with Crippen LogP contribution in [0.3, 0.4) is 0 Å². The van der Waals surface area contributed by atoms with Gasteiger partial charge in [0.25, 0.3) is 0 Å². The van der Waals surface area contributed by atoms with Crippen molar-refractivity contribution in [2.24, 2.45) is 0 Å². The molecule has 22 heavy (non-hydrogen) atoms. The molecule has 5 atom stereocenters. The number of ether oxygens (including phenoxy) is 1. The van der Waals surface area contributed by atoms with Crippen LogP contribution in [-0.2, 0) is 4.74 Å². The van der Waals surface area contributed by atoms with E-state index in [2.05, 4.69) is 10.2 Å². The van der Waals surface area contributed by atoms with E-state index in [1.165, 1.54) is 24.3 Å². The Bertz CT molecular complexity index is 587. The molecule has 1 aliphatic rings. The number of nitrogens with zero attached hydrogens (tertiary/aromatic N) is 1. The maximum absolute atomic E-state index is 12.1. The zero-order chi connectivity index (χ0) is 16.3. The van der Waals surface area contributed by atoms with Crippen LogP contribution in [0.2, 0.25) is 0 Å². The van der Waals surface area contributed by atoms with Gasteiger partial charge in [0.2, 0.25) is 5.91 Å². The fourth-order valence-electron chi connectivity index (χ4n) is 2.20. The number of amides is 1. The van der Waals surface area contributed by atoms with Crippen molar-refractivity contribution in [3.63, 3.8) is 0 Å². The average Bonchev–Trinajstić information content (AvgIpc) is 2.54. The summed E-state index contributed by atoms with van der Waals surface area (Å²) >= 11 is 0. The summed E-state index contributed by atoms with van der Waals surface area (Å²) < 4.78 is 4.94. The van der Waals surface area contributed by atoms with Gasteiger partial charge in [-0.2, -0.15) is 0 Å². The third kappa shape index (κ3) is 3.24. The second-order valence-corrected chi connectivity index (χ2v) is 4.89. The van der Waals surface area contributed by atoms with Gasteiger partial charge in [0.1, 0.15) is 24.4 Å². The van der Waals surface area contributed by atoms with Crippen molar-refractivity contribution in [2.75, 3.05) is 6.61 Å². The van der Waals surface area contributed by atoms with Gasteiger partial charge in [0.05, 0.1) is 13.2 Å². The molecule has 0 bridgehead atoms. The highest BCUT2D eigenvalue weighted by atomic mass is 16.6. The molecule has 8 heteroatoms. The molecule has 5 N–H and O–H groups in total. The second-order valence-electron chi connectivity index (χ2n) is 4.89. The van der Waals surface area contributed by atoms with E-state index in [-0.39, 0.29) is 11.3 Å². The van der Waals surface area contributed by atoms with Gasteiger partial charge in [-0.1, -0.05) is 18.2 Å². The Hall–Kier alpha value is -2.02.